The second-order valence-corrected chi connectivity index (χ2v) is 5.27. The Bertz CT molecular complexity index is 506. The summed E-state index contributed by atoms with van der Waals surface area (Å²) in [5.74, 6) is 0.466. The quantitative estimate of drug-likeness (QED) is 0.830. The minimum Gasteiger partial charge on any atom is -0.356 e. The number of alkyl halides is 3. The van der Waals surface area contributed by atoms with Gasteiger partial charge in [0.2, 0.25) is 5.91 Å². The van der Waals surface area contributed by atoms with Crippen molar-refractivity contribution in [2.75, 3.05) is 24.5 Å². The molecule has 24 heavy (non-hydrogen) atoms. The third-order valence-corrected chi connectivity index (χ3v) is 3.63. The van der Waals surface area contributed by atoms with Crippen LogP contribution >= 0.6 is 24.8 Å². The normalized spacial score (nSPS) is 15.2. The van der Waals surface area contributed by atoms with Crippen molar-refractivity contribution in [1.29, 1.82) is 0 Å². The Labute approximate surface area is 151 Å². The molecule has 3 N–H and O–H groups in total. The van der Waals surface area contributed by atoms with Crippen LogP contribution in [0.2, 0.25) is 0 Å². The maximum Gasteiger partial charge on any atom is 0.417 e. The van der Waals surface area contributed by atoms with Gasteiger partial charge < -0.3 is 16.0 Å². The zero-order valence-corrected chi connectivity index (χ0v) is 14.5. The number of pyridine rings is 1. The Balaban J connectivity index is 0.00000264. The summed E-state index contributed by atoms with van der Waals surface area (Å²) in [7, 11) is 0. The molecule has 0 unspecified atom stereocenters. The van der Waals surface area contributed by atoms with E-state index in [0.29, 0.717) is 31.9 Å². The Hall–Kier alpha value is -1.25. The predicted octanol–water partition coefficient (Wildman–Crippen LogP) is 2.38. The lowest BCUT2D eigenvalue weighted by molar-refractivity contribution is -0.137. The van der Waals surface area contributed by atoms with E-state index in [1.165, 1.54) is 6.07 Å². The van der Waals surface area contributed by atoms with Crippen molar-refractivity contribution >= 4 is 36.5 Å². The molecule has 1 aliphatic rings. The molecule has 1 aromatic heterocycles. The number of hydrogen-bond donors (Lipinski definition) is 2. The van der Waals surface area contributed by atoms with Gasteiger partial charge in [-0.15, -0.1) is 24.8 Å². The minimum atomic E-state index is -4.37. The van der Waals surface area contributed by atoms with Crippen molar-refractivity contribution in [2.24, 2.45) is 5.73 Å². The van der Waals surface area contributed by atoms with Crippen LogP contribution < -0.4 is 16.0 Å². The lowest BCUT2D eigenvalue weighted by atomic mass is 10.0. The summed E-state index contributed by atoms with van der Waals surface area (Å²) in [6.07, 6.45) is -1.74. The molecule has 1 aromatic rings. The van der Waals surface area contributed by atoms with Crippen molar-refractivity contribution in [1.82, 2.24) is 10.3 Å². The van der Waals surface area contributed by atoms with Gasteiger partial charge >= 0.3 is 6.18 Å². The average molecular weight is 389 g/mol. The topological polar surface area (TPSA) is 71.2 Å². The molecule has 0 aromatic carbocycles. The molecule has 0 saturated carbocycles. The van der Waals surface area contributed by atoms with Gasteiger partial charge in [0.25, 0.3) is 0 Å². The molecule has 1 amide bonds. The van der Waals surface area contributed by atoms with Gasteiger partial charge in [-0.3, -0.25) is 4.79 Å². The van der Waals surface area contributed by atoms with E-state index in [0.717, 1.165) is 25.1 Å². The van der Waals surface area contributed by atoms with Gasteiger partial charge in [0.15, 0.2) is 0 Å². The van der Waals surface area contributed by atoms with Crippen LogP contribution in [0.4, 0.5) is 19.0 Å². The SMILES string of the molecule is Cl.Cl.NCCC(=O)NC1CCN(c2ccc(C(F)(F)F)cn2)CC1. The molecule has 2 heterocycles. The number of rotatable bonds is 4. The number of amides is 1. The first kappa shape index (κ1) is 22.8. The van der Waals surface area contributed by atoms with Crippen LogP contribution in [0.3, 0.4) is 0 Å². The number of nitrogens with zero attached hydrogens (tertiary/aromatic N) is 2. The van der Waals surface area contributed by atoms with Gasteiger partial charge in [0.05, 0.1) is 5.56 Å². The number of nitrogens with two attached hydrogens (primary N) is 1. The van der Waals surface area contributed by atoms with Gasteiger partial charge in [-0.25, -0.2) is 4.98 Å². The lowest BCUT2D eigenvalue weighted by Crippen LogP contribution is -2.45. The van der Waals surface area contributed by atoms with E-state index >= 15 is 0 Å². The number of carbonyl (C=O) groups is 1. The van der Waals surface area contributed by atoms with Crippen LogP contribution in [-0.2, 0) is 11.0 Å². The van der Waals surface area contributed by atoms with E-state index < -0.39 is 11.7 Å². The van der Waals surface area contributed by atoms with Crippen LogP contribution in [0.25, 0.3) is 0 Å². The molecule has 0 bridgehead atoms. The van der Waals surface area contributed by atoms with E-state index in [9.17, 15) is 18.0 Å². The number of aromatic nitrogens is 1. The predicted molar refractivity (Wildman–Crippen MR) is 90.8 cm³/mol. The molecule has 1 saturated heterocycles. The van der Waals surface area contributed by atoms with E-state index in [-0.39, 0.29) is 36.8 Å². The first-order chi connectivity index (χ1) is 10.4. The second kappa shape index (κ2) is 9.90. The molecule has 1 fully saturated rings. The molecule has 138 valence electrons. The molecular formula is C14H21Cl2F3N4O. The summed E-state index contributed by atoms with van der Waals surface area (Å²) in [6, 6.07) is 2.51. The van der Waals surface area contributed by atoms with Crippen LogP contribution in [-0.4, -0.2) is 36.6 Å². The summed E-state index contributed by atoms with van der Waals surface area (Å²) in [6.45, 7) is 1.61. The van der Waals surface area contributed by atoms with Crippen molar-refractivity contribution in [3.8, 4) is 0 Å². The van der Waals surface area contributed by atoms with Crippen LogP contribution in [0, 0.1) is 0 Å². The first-order valence-electron chi connectivity index (χ1n) is 7.18. The van der Waals surface area contributed by atoms with E-state index in [1.807, 2.05) is 4.90 Å². The third kappa shape index (κ3) is 6.33. The lowest BCUT2D eigenvalue weighted by Gasteiger charge is -2.33. The number of nitrogens with one attached hydrogen (secondary N) is 1. The van der Waals surface area contributed by atoms with Gasteiger partial charge in [0, 0.05) is 38.3 Å². The molecule has 5 nitrogen and oxygen atoms in total. The zero-order chi connectivity index (χ0) is 16.2. The van der Waals surface area contributed by atoms with Gasteiger partial charge in [-0.2, -0.15) is 13.2 Å². The summed E-state index contributed by atoms with van der Waals surface area (Å²) < 4.78 is 37.5. The molecule has 0 radical (unpaired) electrons. The van der Waals surface area contributed by atoms with E-state index in [2.05, 4.69) is 10.3 Å². The van der Waals surface area contributed by atoms with E-state index in [4.69, 9.17) is 5.73 Å². The van der Waals surface area contributed by atoms with Crippen molar-refractivity contribution in [3.63, 3.8) is 0 Å². The van der Waals surface area contributed by atoms with Crippen molar-refractivity contribution in [2.45, 2.75) is 31.5 Å². The summed E-state index contributed by atoms with van der Waals surface area (Å²) in [5.41, 5.74) is 4.57. The molecule has 1 aliphatic heterocycles. The fourth-order valence-corrected chi connectivity index (χ4v) is 2.42. The molecule has 2 rings (SSSR count). The zero-order valence-electron chi connectivity index (χ0n) is 12.9. The molecule has 0 atom stereocenters. The average Bonchev–Trinajstić information content (AvgIpc) is 2.47. The summed E-state index contributed by atoms with van der Waals surface area (Å²) >= 11 is 0. The Morgan fingerprint density at radius 2 is 1.92 bits per heavy atom. The maximum atomic E-state index is 12.5. The molecule has 0 aliphatic carbocycles. The highest BCUT2D eigenvalue weighted by Gasteiger charge is 2.31. The monoisotopic (exact) mass is 388 g/mol. The fourth-order valence-electron chi connectivity index (χ4n) is 2.42. The Morgan fingerprint density at radius 3 is 2.38 bits per heavy atom. The van der Waals surface area contributed by atoms with Crippen molar-refractivity contribution < 1.29 is 18.0 Å². The largest absolute Gasteiger partial charge is 0.417 e. The van der Waals surface area contributed by atoms with Gasteiger partial charge in [-0.1, -0.05) is 0 Å². The Kier molecular flexibility index (Phi) is 9.39. The number of halogens is 5. The summed E-state index contributed by atoms with van der Waals surface area (Å²) in [5, 5.41) is 2.91. The number of piperidine rings is 1. The molecular weight excluding hydrogens is 368 g/mol. The molecule has 10 heteroatoms. The third-order valence-electron chi connectivity index (χ3n) is 3.63. The van der Waals surface area contributed by atoms with E-state index in [1.54, 1.807) is 0 Å². The van der Waals surface area contributed by atoms with Gasteiger partial charge in [-0.05, 0) is 25.0 Å². The number of anilines is 1. The minimum absolute atomic E-state index is 0. The highest BCUT2D eigenvalue weighted by atomic mass is 35.5. The van der Waals surface area contributed by atoms with Crippen LogP contribution in [0.1, 0.15) is 24.8 Å². The fraction of sp³-hybridized carbons (Fsp3) is 0.571. The first-order valence-corrected chi connectivity index (χ1v) is 7.18. The summed E-state index contributed by atoms with van der Waals surface area (Å²) in [4.78, 5) is 17.3. The standard InChI is InChI=1S/C14H19F3N4O.2ClH/c15-14(16,17)10-1-2-12(19-9-10)21-7-4-11(5-8-21)20-13(22)3-6-18;;/h1-2,9,11H,3-8,18H2,(H,20,22);2*1H. The van der Waals surface area contributed by atoms with Crippen LogP contribution in [0.15, 0.2) is 18.3 Å². The van der Waals surface area contributed by atoms with Crippen molar-refractivity contribution in [3.05, 3.63) is 23.9 Å². The highest BCUT2D eigenvalue weighted by Crippen LogP contribution is 2.29. The highest BCUT2D eigenvalue weighted by molar-refractivity contribution is 5.85. The van der Waals surface area contributed by atoms with Crippen LogP contribution in [0.5, 0.6) is 0 Å². The molecule has 0 spiro atoms. The smallest absolute Gasteiger partial charge is 0.356 e. The second-order valence-electron chi connectivity index (χ2n) is 5.27. The van der Waals surface area contributed by atoms with Gasteiger partial charge in [0.1, 0.15) is 5.82 Å². The maximum absolute atomic E-state index is 12.5. The number of carbonyl (C=O) groups excluding carboxylic acids is 1. The Morgan fingerprint density at radius 1 is 1.29 bits per heavy atom. The number of hydrogen-bond acceptors (Lipinski definition) is 4.